The summed E-state index contributed by atoms with van der Waals surface area (Å²) >= 11 is 7.88. The van der Waals surface area contributed by atoms with Crippen LogP contribution < -0.4 is 4.74 Å². The van der Waals surface area contributed by atoms with Gasteiger partial charge in [0.15, 0.2) is 6.79 Å². The standard InChI is InChI=1S/C15H16ClNO3S/c1-2-13-5-17-14(20-13)8-21-7-11-4-12(16)3-10-6-18-9-19-15(10)11/h3-5H,2,6-9H2,1H3. The molecule has 1 aliphatic heterocycles. The molecular formula is C15H16ClNO3S. The highest BCUT2D eigenvalue weighted by Crippen LogP contribution is 2.34. The molecule has 1 aromatic carbocycles. The van der Waals surface area contributed by atoms with Crippen molar-refractivity contribution in [1.29, 1.82) is 0 Å². The predicted octanol–water partition coefficient (Wildman–Crippen LogP) is 4.19. The summed E-state index contributed by atoms with van der Waals surface area (Å²) < 4.78 is 16.5. The Morgan fingerprint density at radius 2 is 2.24 bits per heavy atom. The Hall–Kier alpha value is -1.17. The SMILES string of the molecule is CCc1cnc(CSCc2cc(Cl)cc3c2OCOC3)o1. The summed E-state index contributed by atoms with van der Waals surface area (Å²) in [6.07, 6.45) is 2.66. The van der Waals surface area contributed by atoms with Crippen LogP contribution in [0.1, 0.15) is 29.7 Å². The third-order valence-electron chi connectivity index (χ3n) is 3.18. The van der Waals surface area contributed by atoms with Crippen molar-refractivity contribution in [3.05, 3.63) is 46.1 Å². The lowest BCUT2D eigenvalue weighted by molar-refractivity contribution is -0.0168. The second-order valence-corrected chi connectivity index (χ2v) is 6.15. The van der Waals surface area contributed by atoms with Crippen LogP contribution in [-0.4, -0.2) is 11.8 Å². The number of fused-ring (bicyclic) bond motifs is 1. The number of hydrogen-bond donors (Lipinski definition) is 0. The van der Waals surface area contributed by atoms with E-state index in [-0.39, 0.29) is 0 Å². The number of nitrogens with zero attached hydrogens (tertiary/aromatic N) is 1. The molecule has 0 radical (unpaired) electrons. The Morgan fingerprint density at radius 3 is 3.05 bits per heavy atom. The van der Waals surface area contributed by atoms with Crippen LogP contribution in [0.15, 0.2) is 22.7 Å². The zero-order valence-corrected chi connectivity index (χ0v) is 13.3. The topological polar surface area (TPSA) is 44.5 Å². The summed E-state index contributed by atoms with van der Waals surface area (Å²) in [7, 11) is 0. The van der Waals surface area contributed by atoms with Gasteiger partial charge in [0.1, 0.15) is 11.5 Å². The predicted molar refractivity (Wildman–Crippen MR) is 82.6 cm³/mol. The monoisotopic (exact) mass is 325 g/mol. The number of aromatic nitrogens is 1. The number of oxazole rings is 1. The number of ether oxygens (including phenoxy) is 2. The van der Waals surface area contributed by atoms with E-state index in [0.717, 1.165) is 46.5 Å². The van der Waals surface area contributed by atoms with E-state index in [2.05, 4.69) is 11.9 Å². The van der Waals surface area contributed by atoms with Gasteiger partial charge in [-0.05, 0) is 12.1 Å². The van der Waals surface area contributed by atoms with Crippen molar-refractivity contribution >= 4 is 23.4 Å². The van der Waals surface area contributed by atoms with Crippen LogP contribution in [0.2, 0.25) is 5.02 Å². The number of hydrogen-bond acceptors (Lipinski definition) is 5. The Labute approximate surface area is 132 Å². The lowest BCUT2D eigenvalue weighted by Gasteiger charge is -2.20. The summed E-state index contributed by atoms with van der Waals surface area (Å²) in [6, 6.07) is 3.84. The van der Waals surface area contributed by atoms with Crippen LogP contribution in [0, 0.1) is 0 Å². The van der Waals surface area contributed by atoms with Gasteiger partial charge in [-0.1, -0.05) is 18.5 Å². The normalized spacial score (nSPS) is 13.8. The molecule has 2 aromatic rings. The smallest absolute Gasteiger partial charge is 0.204 e. The van der Waals surface area contributed by atoms with E-state index in [1.165, 1.54) is 0 Å². The zero-order valence-electron chi connectivity index (χ0n) is 11.7. The first-order valence-electron chi connectivity index (χ1n) is 6.79. The fourth-order valence-corrected chi connectivity index (χ4v) is 3.30. The van der Waals surface area contributed by atoms with Crippen LogP contribution in [0.25, 0.3) is 0 Å². The van der Waals surface area contributed by atoms with Crippen molar-refractivity contribution in [3.8, 4) is 5.75 Å². The minimum Gasteiger partial charge on any atom is -0.467 e. The van der Waals surface area contributed by atoms with E-state index in [1.807, 2.05) is 12.1 Å². The molecule has 0 fully saturated rings. The van der Waals surface area contributed by atoms with Crippen molar-refractivity contribution in [2.75, 3.05) is 6.79 Å². The first-order chi connectivity index (χ1) is 10.3. The van der Waals surface area contributed by atoms with Gasteiger partial charge in [0.05, 0.1) is 18.6 Å². The first kappa shape index (κ1) is 14.8. The van der Waals surface area contributed by atoms with Crippen LogP contribution in [0.4, 0.5) is 0 Å². The highest BCUT2D eigenvalue weighted by atomic mass is 35.5. The maximum atomic E-state index is 6.15. The maximum absolute atomic E-state index is 6.15. The van der Waals surface area contributed by atoms with Crippen molar-refractivity contribution in [2.24, 2.45) is 0 Å². The average Bonchev–Trinajstić information content (AvgIpc) is 2.95. The third kappa shape index (κ3) is 3.54. The van der Waals surface area contributed by atoms with E-state index >= 15 is 0 Å². The molecule has 0 saturated heterocycles. The Kier molecular flexibility index (Phi) is 4.73. The van der Waals surface area contributed by atoms with E-state index in [0.29, 0.717) is 18.4 Å². The van der Waals surface area contributed by atoms with Gasteiger partial charge in [0, 0.05) is 28.3 Å². The second-order valence-electron chi connectivity index (χ2n) is 4.73. The fourth-order valence-electron chi connectivity index (χ4n) is 2.19. The molecule has 0 aliphatic carbocycles. The summed E-state index contributed by atoms with van der Waals surface area (Å²) in [5, 5.41) is 0.711. The molecule has 0 amide bonds. The number of rotatable bonds is 5. The van der Waals surface area contributed by atoms with Gasteiger partial charge in [0.25, 0.3) is 0 Å². The molecule has 3 rings (SSSR count). The number of thioether (sulfide) groups is 1. The van der Waals surface area contributed by atoms with E-state index in [4.69, 9.17) is 25.5 Å². The summed E-state index contributed by atoms with van der Waals surface area (Å²) in [5.74, 6) is 4.12. The molecule has 2 heterocycles. The lowest BCUT2D eigenvalue weighted by atomic mass is 10.1. The van der Waals surface area contributed by atoms with Gasteiger partial charge in [-0.25, -0.2) is 4.98 Å². The van der Waals surface area contributed by atoms with E-state index in [1.54, 1.807) is 18.0 Å². The number of halogens is 1. The van der Waals surface area contributed by atoms with Gasteiger partial charge in [-0.15, -0.1) is 11.8 Å². The molecule has 0 N–H and O–H groups in total. The Bertz CT molecular complexity index is 629. The van der Waals surface area contributed by atoms with E-state index < -0.39 is 0 Å². The van der Waals surface area contributed by atoms with Gasteiger partial charge in [0.2, 0.25) is 5.89 Å². The minimum absolute atomic E-state index is 0.298. The van der Waals surface area contributed by atoms with Gasteiger partial charge >= 0.3 is 0 Å². The molecular weight excluding hydrogens is 310 g/mol. The highest BCUT2D eigenvalue weighted by Gasteiger charge is 2.16. The molecule has 0 unspecified atom stereocenters. The molecule has 1 aromatic heterocycles. The molecule has 112 valence electrons. The Morgan fingerprint density at radius 1 is 1.33 bits per heavy atom. The van der Waals surface area contributed by atoms with Crippen molar-refractivity contribution < 1.29 is 13.9 Å². The molecule has 0 saturated carbocycles. The van der Waals surface area contributed by atoms with Gasteiger partial charge < -0.3 is 13.9 Å². The van der Waals surface area contributed by atoms with E-state index in [9.17, 15) is 0 Å². The van der Waals surface area contributed by atoms with Crippen LogP contribution in [0.3, 0.4) is 0 Å². The van der Waals surface area contributed by atoms with Crippen molar-refractivity contribution in [3.63, 3.8) is 0 Å². The molecule has 1 aliphatic rings. The third-order valence-corrected chi connectivity index (χ3v) is 4.37. The van der Waals surface area contributed by atoms with Crippen molar-refractivity contribution in [1.82, 2.24) is 4.98 Å². The Balaban J connectivity index is 1.66. The molecule has 4 nitrogen and oxygen atoms in total. The molecule has 0 bridgehead atoms. The lowest BCUT2D eigenvalue weighted by Crippen LogP contribution is -2.12. The molecule has 21 heavy (non-hydrogen) atoms. The molecule has 6 heteroatoms. The molecule has 0 atom stereocenters. The summed E-state index contributed by atoms with van der Waals surface area (Å²) in [5.41, 5.74) is 2.10. The number of benzene rings is 1. The summed E-state index contributed by atoms with van der Waals surface area (Å²) in [4.78, 5) is 4.26. The summed E-state index contributed by atoms with van der Waals surface area (Å²) in [6.45, 7) is 2.90. The maximum Gasteiger partial charge on any atom is 0.204 e. The zero-order chi connectivity index (χ0) is 14.7. The largest absolute Gasteiger partial charge is 0.467 e. The highest BCUT2D eigenvalue weighted by molar-refractivity contribution is 7.97. The minimum atomic E-state index is 0.298. The quantitative estimate of drug-likeness (QED) is 0.824. The van der Waals surface area contributed by atoms with Crippen LogP contribution in [0.5, 0.6) is 5.75 Å². The van der Waals surface area contributed by atoms with Crippen LogP contribution >= 0.6 is 23.4 Å². The van der Waals surface area contributed by atoms with Gasteiger partial charge in [-0.3, -0.25) is 0 Å². The van der Waals surface area contributed by atoms with Crippen molar-refractivity contribution in [2.45, 2.75) is 31.5 Å². The first-order valence-corrected chi connectivity index (χ1v) is 8.32. The number of aryl methyl sites for hydroxylation is 1. The molecule has 0 spiro atoms. The second kappa shape index (κ2) is 6.73. The van der Waals surface area contributed by atoms with Gasteiger partial charge in [-0.2, -0.15) is 0 Å². The van der Waals surface area contributed by atoms with Crippen LogP contribution in [-0.2, 0) is 29.3 Å². The fraction of sp³-hybridized carbons (Fsp3) is 0.400. The average molecular weight is 326 g/mol.